The molecular weight excluding hydrogens is 272 g/mol. The summed E-state index contributed by atoms with van der Waals surface area (Å²) in [6.07, 6.45) is 2.04. The molecule has 108 valence electrons. The van der Waals surface area contributed by atoms with E-state index in [0.29, 0.717) is 23.5 Å². The maximum absolute atomic E-state index is 12.2. The highest BCUT2D eigenvalue weighted by molar-refractivity contribution is 6.01. The van der Waals surface area contributed by atoms with Gasteiger partial charge in [-0.1, -0.05) is 6.07 Å². The lowest BCUT2D eigenvalue weighted by Gasteiger charge is -2.32. The highest BCUT2D eigenvalue weighted by atomic mass is 16.7. The standard InChI is InChI=1S/C15H14N2O4/c18-10-3-1-2-9-13(10)14(17-15(19)16-9)8-4-5-11-12(6-8)21-7-20-11/h4-6,14H,1-3,7H2,(H2,16,17,19)/t14-/m1/s1. The SMILES string of the molecule is O=C1NC2=C(C(=O)CCC2)[C@@H](c2ccc3c(c2)OCO3)N1. The fourth-order valence-electron chi connectivity index (χ4n) is 3.05. The van der Waals surface area contributed by atoms with Crippen molar-refractivity contribution in [3.8, 4) is 11.5 Å². The molecule has 0 saturated carbocycles. The van der Waals surface area contributed by atoms with Crippen LogP contribution in [0, 0.1) is 0 Å². The second-order valence-corrected chi connectivity index (χ2v) is 5.31. The van der Waals surface area contributed by atoms with Crippen molar-refractivity contribution in [1.29, 1.82) is 0 Å². The predicted octanol–water partition coefficient (Wildman–Crippen LogP) is 1.78. The fourth-order valence-corrected chi connectivity index (χ4v) is 3.05. The topological polar surface area (TPSA) is 76.7 Å². The van der Waals surface area contributed by atoms with Crippen molar-refractivity contribution in [2.45, 2.75) is 25.3 Å². The van der Waals surface area contributed by atoms with Gasteiger partial charge in [-0.15, -0.1) is 0 Å². The number of hydrogen-bond acceptors (Lipinski definition) is 4. The Hall–Kier alpha value is -2.50. The number of nitrogens with one attached hydrogen (secondary N) is 2. The van der Waals surface area contributed by atoms with Crippen molar-refractivity contribution in [1.82, 2.24) is 10.6 Å². The summed E-state index contributed by atoms with van der Waals surface area (Å²) in [5.74, 6) is 1.42. The number of ether oxygens (including phenoxy) is 2. The third kappa shape index (κ3) is 1.94. The smallest absolute Gasteiger partial charge is 0.319 e. The summed E-state index contributed by atoms with van der Waals surface area (Å²) in [6.45, 7) is 0.199. The van der Waals surface area contributed by atoms with Crippen LogP contribution in [0.4, 0.5) is 4.79 Å². The number of benzene rings is 1. The van der Waals surface area contributed by atoms with Crippen LogP contribution in [0.5, 0.6) is 11.5 Å². The van der Waals surface area contributed by atoms with E-state index in [2.05, 4.69) is 10.6 Å². The molecule has 0 fully saturated rings. The summed E-state index contributed by atoms with van der Waals surface area (Å²) in [6, 6.07) is 4.79. The summed E-state index contributed by atoms with van der Waals surface area (Å²) < 4.78 is 10.7. The van der Waals surface area contributed by atoms with Gasteiger partial charge in [-0.25, -0.2) is 4.79 Å². The molecule has 0 bridgehead atoms. The van der Waals surface area contributed by atoms with Crippen LogP contribution in [0.15, 0.2) is 29.5 Å². The first kappa shape index (κ1) is 12.3. The highest BCUT2D eigenvalue weighted by Gasteiger charge is 2.34. The van der Waals surface area contributed by atoms with Gasteiger partial charge in [0.15, 0.2) is 17.3 Å². The minimum atomic E-state index is -0.420. The van der Waals surface area contributed by atoms with Crippen molar-refractivity contribution in [3.05, 3.63) is 35.0 Å². The second kappa shape index (κ2) is 4.51. The molecule has 0 saturated heterocycles. The van der Waals surface area contributed by atoms with Crippen molar-refractivity contribution in [2.24, 2.45) is 0 Å². The summed E-state index contributed by atoms with van der Waals surface area (Å²) in [5, 5.41) is 5.58. The van der Waals surface area contributed by atoms with Gasteiger partial charge in [0, 0.05) is 17.7 Å². The lowest BCUT2D eigenvalue weighted by molar-refractivity contribution is -0.116. The van der Waals surface area contributed by atoms with Crippen LogP contribution in [0.2, 0.25) is 0 Å². The van der Waals surface area contributed by atoms with Gasteiger partial charge in [-0.2, -0.15) is 0 Å². The monoisotopic (exact) mass is 286 g/mol. The maximum atomic E-state index is 12.2. The summed E-state index contributed by atoms with van der Waals surface area (Å²) in [7, 11) is 0. The molecular formula is C15H14N2O4. The number of urea groups is 1. The van der Waals surface area contributed by atoms with E-state index in [9.17, 15) is 9.59 Å². The van der Waals surface area contributed by atoms with Gasteiger partial charge in [-0.3, -0.25) is 4.79 Å². The zero-order valence-electron chi connectivity index (χ0n) is 11.3. The van der Waals surface area contributed by atoms with Gasteiger partial charge in [0.05, 0.1) is 6.04 Å². The van der Waals surface area contributed by atoms with Gasteiger partial charge in [0.2, 0.25) is 6.79 Å². The Morgan fingerprint density at radius 1 is 1.10 bits per heavy atom. The summed E-state index contributed by atoms with van der Waals surface area (Å²) in [5.41, 5.74) is 2.24. The van der Waals surface area contributed by atoms with E-state index < -0.39 is 6.04 Å². The predicted molar refractivity (Wildman–Crippen MR) is 72.9 cm³/mol. The molecule has 1 aromatic carbocycles. The van der Waals surface area contributed by atoms with Crippen LogP contribution in [0.25, 0.3) is 0 Å². The zero-order chi connectivity index (χ0) is 14.4. The quantitative estimate of drug-likeness (QED) is 0.825. The first-order chi connectivity index (χ1) is 10.2. The molecule has 2 N–H and O–H groups in total. The number of rotatable bonds is 1. The summed E-state index contributed by atoms with van der Waals surface area (Å²) in [4.78, 5) is 24.1. The molecule has 0 radical (unpaired) electrons. The van der Waals surface area contributed by atoms with Crippen molar-refractivity contribution >= 4 is 11.8 Å². The molecule has 6 heteroatoms. The van der Waals surface area contributed by atoms with Crippen LogP contribution >= 0.6 is 0 Å². The van der Waals surface area contributed by atoms with Crippen molar-refractivity contribution in [3.63, 3.8) is 0 Å². The molecule has 2 heterocycles. The second-order valence-electron chi connectivity index (χ2n) is 5.31. The number of amides is 2. The van der Waals surface area contributed by atoms with E-state index in [-0.39, 0.29) is 18.6 Å². The fraction of sp³-hybridized carbons (Fsp3) is 0.333. The Kier molecular flexibility index (Phi) is 2.63. The number of hydrogen-bond donors (Lipinski definition) is 2. The van der Waals surface area contributed by atoms with E-state index in [0.717, 1.165) is 24.1 Å². The van der Waals surface area contributed by atoms with Crippen molar-refractivity contribution < 1.29 is 19.1 Å². The molecule has 2 aliphatic heterocycles. The molecule has 1 aromatic rings. The molecule has 4 rings (SSSR count). The molecule has 6 nitrogen and oxygen atoms in total. The minimum absolute atomic E-state index is 0.0893. The lowest BCUT2D eigenvalue weighted by Crippen LogP contribution is -2.46. The highest BCUT2D eigenvalue weighted by Crippen LogP contribution is 2.38. The largest absolute Gasteiger partial charge is 0.454 e. The Balaban J connectivity index is 1.79. The number of ketones is 1. The van der Waals surface area contributed by atoms with Crippen LogP contribution in [-0.4, -0.2) is 18.6 Å². The van der Waals surface area contributed by atoms with Gasteiger partial charge >= 0.3 is 6.03 Å². The van der Waals surface area contributed by atoms with Gasteiger partial charge in [-0.05, 0) is 30.5 Å². The number of allylic oxidation sites excluding steroid dienone is 1. The first-order valence-electron chi connectivity index (χ1n) is 6.96. The number of carbonyl (C=O) groups excluding carboxylic acids is 2. The molecule has 0 aromatic heterocycles. The third-order valence-electron chi connectivity index (χ3n) is 4.01. The number of fused-ring (bicyclic) bond motifs is 1. The maximum Gasteiger partial charge on any atom is 0.319 e. The molecule has 2 amide bonds. The number of Topliss-reactive ketones (excluding diaryl/α,β-unsaturated/α-hetero) is 1. The Morgan fingerprint density at radius 2 is 1.95 bits per heavy atom. The third-order valence-corrected chi connectivity index (χ3v) is 4.01. The van der Waals surface area contributed by atoms with Crippen LogP contribution in [0.3, 0.4) is 0 Å². The molecule has 0 spiro atoms. The van der Waals surface area contributed by atoms with E-state index in [1.165, 1.54) is 0 Å². The Labute approximate surface area is 121 Å². The van der Waals surface area contributed by atoms with Crippen molar-refractivity contribution in [2.75, 3.05) is 6.79 Å². The molecule has 0 unspecified atom stereocenters. The van der Waals surface area contributed by atoms with Crippen LogP contribution in [0.1, 0.15) is 30.9 Å². The Morgan fingerprint density at radius 3 is 2.86 bits per heavy atom. The van der Waals surface area contributed by atoms with Gasteiger partial charge < -0.3 is 20.1 Å². The molecule has 1 aliphatic carbocycles. The summed E-state index contributed by atoms with van der Waals surface area (Å²) >= 11 is 0. The average molecular weight is 286 g/mol. The lowest BCUT2D eigenvalue weighted by atomic mass is 9.85. The van der Waals surface area contributed by atoms with Gasteiger partial charge in [0.25, 0.3) is 0 Å². The Bertz CT molecular complexity index is 680. The first-order valence-corrected chi connectivity index (χ1v) is 6.96. The van der Waals surface area contributed by atoms with E-state index in [1.807, 2.05) is 12.1 Å². The average Bonchev–Trinajstić information content (AvgIpc) is 2.93. The molecule has 3 aliphatic rings. The van der Waals surface area contributed by atoms with Crippen LogP contribution < -0.4 is 20.1 Å². The van der Waals surface area contributed by atoms with E-state index in [1.54, 1.807) is 6.07 Å². The van der Waals surface area contributed by atoms with Crippen LogP contribution in [-0.2, 0) is 4.79 Å². The van der Waals surface area contributed by atoms with E-state index in [4.69, 9.17) is 9.47 Å². The normalized spacial score (nSPS) is 23.5. The minimum Gasteiger partial charge on any atom is -0.454 e. The molecule has 1 atom stereocenters. The van der Waals surface area contributed by atoms with Gasteiger partial charge in [0.1, 0.15) is 0 Å². The number of carbonyl (C=O) groups is 2. The van der Waals surface area contributed by atoms with E-state index >= 15 is 0 Å². The zero-order valence-corrected chi connectivity index (χ0v) is 11.3. The molecule has 21 heavy (non-hydrogen) atoms.